The zero-order valence-corrected chi connectivity index (χ0v) is 11.3. The second-order valence-corrected chi connectivity index (χ2v) is 4.97. The van der Waals surface area contributed by atoms with Gasteiger partial charge in [-0.2, -0.15) is 5.10 Å². The predicted octanol–water partition coefficient (Wildman–Crippen LogP) is 2.04. The van der Waals surface area contributed by atoms with Crippen molar-refractivity contribution in [1.29, 1.82) is 0 Å². The van der Waals surface area contributed by atoms with Crippen LogP contribution in [0.4, 0.5) is 5.95 Å². The van der Waals surface area contributed by atoms with E-state index in [0.29, 0.717) is 11.6 Å². The van der Waals surface area contributed by atoms with Gasteiger partial charge in [0.05, 0.1) is 0 Å². The molecule has 0 unspecified atom stereocenters. The van der Waals surface area contributed by atoms with Gasteiger partial charge in [-0.3, -0.25) is 9.78 Å². The van der Waals surface area contributed by atoms with Crippen molar-refractivity contribution in [3.63, 3.8) is 0 Å². The molecule has 0 atom stereocenters. The SMILES string of the molecule is Cc1cc(=O)[nH]c(N/N=C2/CCc3ccccc3C2)n1. The Bertz CT molecular complexity index is 718. The molecule has 3 rings (SSSR count). The molecule has 1 aliphatic rings. The molecule has 0 radical (unpaired) electrons. The standard InChI is InChI=1S/C15H16N4O/c1-10-8-14(20)17-15(16-10)19-18-13-7-6-11-4-2-3-5-12(11)9-13/h2-5,8H,6-7,9H2,1H3,(H2,16,17,19,20)/b18-13-. The molecule has 2 aromatic rings. The first kappa shape index (κ1) is 12.6. The molecule has 0 fully saturated rings. The van der Waals surface area contributed by atoms with E-state index in [1.807, 2.05) is 0 Å². The predicted molar refractivity (Wildman–Crippen MR) is 79.1 cm³/mol. The van der Waals surface area contributed by atoms with Crippen molar-refractivity contribution >= 4 is 11.7 Å². The Morgan fingerprint density at radius 1 is 1.25 bits per heavy atom. The van der Waals surface area contributed by atoms with Crippen molar-refractivity contribution in [2.24, 2.45) is 5.10 Å². The average molecular weight is 268 g/mol. The summed E-state index contributed by atoms with van der Waals surface area (Å²) in [5.74, 6) is 0.390. The highest BCUT2D eigenvalue weighted by Crippen LogP contribution is 2.19. The van der Waals surface area contributed by atoms with Crippen LogP contribution in [0.5, 0.6) is 0 Å². The summed E-state index contributed by atoms with van der Waals surface area (Å²) in [7, 11) is 0. The largest absolute Gasteiger partial charge is 0.291 e. The Hall–Kier alpha value is -2.43. The van der Waals surface area contributed by atoms with E-state index in [9.17, 15) is 4.79 Å². The number of anilines is 1. The zero-order valence-electron chi connectivity index (χ0n) is 11.3. The molecule has 1 heterocycles. The number of nitrogens with one attached hydrogen (secondary N) is 2. The molecule has 102 valence electrons. The van der Waals surface area contributed by atoms with Crippen LogP contribution >= 0.6 is 0 Å². The van der Waals surface area contributed by atoms with Gasteiger partial charge in [-0.1, -0.05) is 24.3 Å². The van der Waals surface area contributed by atoms with E-state index in [-0.39, 0.29) is 5.56 Å². The molecule has 20 heavy (non-hydrogen) atoms. The number of hydrogen-bond acceptors (Lipinski definition) is 4. The third-order valence-corrected chi connectivity index (χ3v) is 3.39. The molecule has 5 heteroatoms. The van der Waals surface area contributed by atoms with Gasteiger partial charge >= 0.3 is 0 Å². The van der Waals surface area contributed by atoms with Crippen molar-refractivity contribution in [1.82, 2.24) is 9.97 Å². The summed E-state index contributed by atoms with van der Waals surface area (Å²) < 4.78 is 0. The lowest BCUT2D eigenvalue weighted by molar-refractivity contribution is 0.936. The van der Waals surface area contributed by atoms with Crippen LogP contribution in [0.1, 0.15) is 23.2 Å². The van der Waals surface area contributed by atoms with Gasteiger partial charge in [0.1, 0.15) is 0 Å². The van der Waals surface area contributed by atoms with E-state index in [0.717, 1.165) is 25.0 Å². The van der Waals surface area contributed by atoms with Gasteiger partial charge < -0.3 is 0 Å². The summed E-state index contributed by atoms with van der Waals surface area (Å²) in [5.41, 5.74) is 7.15. The minimum absolute atomic E-state index is 0.172. The fourth-order valence-corrected chi connectivity index (χ4v) is 2.42. The van der Waals surface area contributed by atoms with Crippen LogP contribution in [-0.2, 0) is 12.8 Å². The minimum Gasteiger partial charge on any atom is -0.291 e. The van der Waals surface area contributed by atoms with Crippen molar-refractivity contribution in [2.75, 3.05) is 5.43 Å². The Morgan fingerprint density at radius 3 is 2.85 bits per heavy atom. The van der Waals surface area contributed by atoms with E-state index in [2.05, 4.69) is 44.8 Å². The lowest BCUT2D eigenvalue weighted by atomic mass is 9.90. The topological polar surface area (TPSA) is 70.1 Å². The molecule has 0 bridgehead atoms. The zero-order chi connectivity index (χ0) is 13.9. The number of aromatic nitrogens is 2. The Kier molecular flexibility index (Phi) is 3.33. The van der Waals surface area contributed by atoms with E-state index < -0.39 is 0 Å². The van der Waals surface area contributed by atoms with Gasteiger partial charge in [-0.15, -0.1) is 0 Å². The molecule has 2 N–H and O–H groups in total. The van der Waals surface area contributed by atoms with Crippen molar-refractivity contribution in [3.05, 3.63) is 57.5 Å². The molecule has 1 aromatic carbocycles. The lowest BCUT2D eigenvalue weighted by Crippen LogP contribution is -2.16. The maximum absolute atomic E-state index is 11.3. The monoisotopic (exact) mass is 268 g/mol. The lowest BCUT2D eigenvalue weighted by Gasteiger charge is -2.17. The summed E-state index contributed by atoms with van der Waals surface area (Å²) in [5, 5.41) is 4.37. The first-order chi connectivity index (χ1) is 9.70. The first-order valence-corrected chi connectivity index (χ1v) is 6.67. The maximum atomic E-state index is 11.3. The summed E-state index contributed by atoms with van der Waals surface area (Å²) in [6, 6.07) is 9.88. The number of rotatable bonds is 2. The summed E-state index contributed by atoms with van der Waals surface area (Å²) >= 11 is 0. The number of fused-ring (bicyclic) bond motifs is 1. The second kappa shape index (κ2) is 5.28. The van der Waals surface area contributed by atoms with E-state index >= 15 is 0 Å². The second-order valence-electron chi connectivity index (χ2n) is 4.97. The van der Waals surface area contributed by atoms with Crippen LogP contribution in [0, 0.1) is 6.92 Å². The van der Waals surface area contributed by atoms with Crippen LogP contribution in [0.15, 0.2) is 40.2 Å². The molecular formula is C15H16N4O. The van der Waals surface area contributed by atoms with Gasteiger partial charge in [-0.25, -0.2) is 10.4 Å². The Morgan fingerprint density at radius 2 is 2.05 bits per heavy atom. The van der Waals surface area contributed by atoms with Crippen molar-refractivity contribution < 1.29 is 0 Å². The van der Waals surface area contributed by atoms with Crippen LogP contribution in [0.2, 0.25) is 0 Å². The maximum Gasteiger partial charge on any atom is 0.252 e. The number of nitrogens with zero attached hydrogens (tertiary/aromatic N) is 2. The summed E-state index contributed by atoms with van der Waals surface area (Å²) in [6.07, 6.45) is 2.79. The normalized spacial score (nSPS) is 15.9. The van der Waals surface area contributed by atoms with E-state index in [1.54, 1.807) is 6.92 Å². The molecule has 1 aliphatic carbocycles. The highest BCUT2D eigenvalue weighted by Gasteiger charge is 2.13. The number of aromatic amines is 1. The molecular weight excluding hydrogens is 252 g/mol. The van der Waals surface area contributed by atoms with Gasteiger partial charge in [0, 0.05) is 23.9 Å². The Balaban J connectivity index is 1.76. The molecule has 5 nitrogen and oxygen atoms in total. The molecule has 0 amide bonds. The number of benzene rings is 1. The fraction of sp³-hybridized carbons (Fsp3) is 0.267. The third kappa shape index (κ3) is 2.77. The van der Waals surface area contributed by atoms with Crippen LogP contribution in [-0.4, -0.2) is 15.7 Å². The summed E-state index contributed by atoms with van der Waals surface area (Å²) in [6.45, 7) is 1.78. The number of aryl methyl sites for hydroxylation is 2. The highest BCUT2D eigenvalue weighted by atomic mass is 16.1. The van der Waals surface area contributed by atoms with Gasteiger partial charge in [-0.05, 0) is 30.9 Å². The van der Waals surface area contributed by atoms with Gasteiger partial charge in [0.15, 0.2) is 0 Å². The molecule has 0 spiro atoms. The quantitative estimate of drug-likeness (QED) is 0.819. The first-order valence-electron chi connectivity index (χ1n) is 6.67. The molecule has 1 aromatic heterocycles. The molecule has 0 saturated heterocycles. The number of hydrogen-bond donors (Lipinski definition) is 2. The van der Waals surface area contributed by atoms with Gasteiger partial charge in [0.2, 0.25) is 5.95 Å². The van der Waals surface area contributed by atoms with Crippen LogP contribution in [0.3, 0.4) is 0 Å². The smallest absolute Gasteiger partial charge is 0.252 e. The van der Waals surface area contributed by atoms with Crippen LogP contribution < -0.4 is 11.0 Å². The third-order valence-electron chi connectivity index (χ3n) is 3.39. The minimum atomic E-state index is -0.172. The van der Waals surface area contributed by atoms with Crippen LogP contribution in [0.25, 0.3) is 0 Å². The van der Waals surface area contributed by atoms with E-state index in [1.165, 1.54) is 17.2 Å². The van der Waals surface area contributed by atoms with E-state index in [4.69, 9.17) is 0 Å². The number of hydrazone groups is 1. The fourth-order valence-electron chi connectivity index (χ4n) is 2.42. The van der Waals surface area contributed by atoms with Crippen molar-refractivity contribution in [3.8, 4) is 0 Å². The molecule has 0 aliphatic heterocycles. The Labute approximate surface area is 116 Å². The van der Waals surface area contributed by atoms with Gasteiger partial charge in [0.25, 0.3) is 5.56 Å². The number of H-pyrrole nitrogens is 1. The molecule has 0 saturated carbocycles. The highest BCUT2D eigenvalue weighted by molar-refractivity contribution is 5.89. The summed E-state index contributed by atoms with van der Waals surface area (Å²) in [4.78, 5) is 18.2. The van der Waals surface area contributed by atoms with Crippen molar-refractivity contribution in [2.45, 2.75) is 26.2 Å². The average Bonchev–Trinajstić information content (AvgIpc) is 2.44.